The van der Waals surface area contributed by atoms with Gasteiger partial charge in [-0.15, -0.1) is 0 Å². The zero-order valence-electron chi connectivity index (χ0n) is 10.1. The summed E-state index contributed by atoms with van der Waals surface area (Å²) in [7, 11) is 0. The molecule has 0 radical (unpaired) electrons. The van der Waals surface area contributed by atoms with E-state index in [1.165, 1.54) is 0 Å². The molecule has 1 atom stereocenters. The largest absolute Gasteiger partial charge is 0.380 e. The Morgan fingerprint density at radius 3 is 2.88 bits per heavy atom. The molecule has 3 heteroatoms. The molecular formula is C13H18N2O. The van der Waals surface area contributed by atoms with Gasteiger partial charge in [0.1, 0.15) is 0 Å². The lowest BCUT2D eigenvalue weighted by Crippen LogP contribution is -2.22. The molecule has 1 unspecified atom stereocenters. The molecule has 1 aromatic rings. The Bertz CT molecular complexity index is 382. The first-order chi connectivity index (χ1) is 7.69. The zero-order chi connectivity index (χ0) is 12.0. The summed E-state index contributed by atoms with van der Waals surface area (Å²) in [4.78, 5) is 0. The second-order valence-corrected chi connectivity index (χ2v) is 3.79. The molecule has 0 aliphatic heterocycles. The lowest BCUT2D eigenvalue weighted by atomic mass is 10.1. The van der Waals surface area contributed by atoms with E-state index < -0.39 is 0 Å². The normalized spacial score (nSPS) is 11.9. The summed E-state index contributed by atoms with van der Waals surface area (Å²) in [6, 6.07) is 8.13. The van der Waals surface area contributed by atoms with Crippen LogP contribution in [0.4, 0.5) is 5.69 Å². The number of ether oxygens (including phenoxy) is 1. The van der Waals surface area contributed by atoms with Gasteiger partial charge in [0.25, 0.3) is 0 Å². The molecule has 0 aliphatic carbocycles. The van der Waals surface area contributed by atoms with Crippen molar-refractivity contribution in [3.05, 3.63) is 29.3 Å². The molecule has 16 heavy (non-hydrogen) atoms. The van der Waals surface area contributed by atoms with Crippen LogP contribution in [0.2, 0.25) is 0 Å². The van der Waals surface area contributed by atoms with Crippen LogP contribution >= 0.6 is 0 Å². The van der Waals surface area contributed by atoms with E-state index in [9.17, 15) is 0 Å². The van der Waals surface area contributed by atoms with Gasteiger partial charge in [0.05, 0.1) is 18.2 Å². The highest BCUT2D eigenvalue weighted by molar-refractivity contribution is 5.57. The average Bonchev–Trinajstić information content (AvgIpc) is 2.29. The summed E-state index contributed by atoms with van der Waals surface area (Å²) in [5, 5.41) is 12.3. The first-order valence-electron chi connectivity index (χ1n) is 5.53. The van der Waals surface area contributed by atoms with Gasteiger partial charge in [-0.05, 0) is 38.5 Å². The fourth-order valence-corrected chi connectivity index (χ4v) is 1.51. The lowest BCUT2D eigenvalue weighted by molar-refractivity contribution is 0.141. The van der Waals surface area contributed by atoms with Crippen molar-refractivity contribution in [2.45, 2.75) is 26.8 Å². The molecule has 0 amide bonds. The van der Waals surface area contributed by atoms with Gasteiger partial charge < -0.3 is 10.1 Å². The van der Waals surface area contributed by atoms with Crippen LogP contribution in [0, 0.1) is 18.3 Å². The van der Waals surface area contributed by atoms with E-state index in [1.54, 1.807) is 0 Å². The van der Waals surface area contributed by atoms with Crippen LogP contribution in [0.5, 0.6) is 0 Å². The van der Waals surface area contributed by atoms with E-state index in [-0.39, 0.29) is 6.04 Å². The van der Waals surface area contributed by atoms with Crippen molar-refractivity contribution < 1.29 is 4.74 Å². The maximum Gasteiger partial charge on any atom is 0.0995 e. The highest BCUT2D eigenvalue weighted by atomic mass is 16.5. The quantitative estimate of drug-likeness (QED) is 0.826. The third-order valence-corrected chi connectivity index (χ3v) is 2.43. The van der Waals surface area contributed by atoms with Crippen molar-refractivity contribution in [3.63, 3.8) is 0 Å². The summed E-state index contributed by atoms with van der Waals surface area (Å²) < 4.78 is 5.34. The molecule has 0 heterocycles. The minimum absolute atomic E-state index is 0.243. The van der Waals surface area contributed by atoms with E-state index in [0.717, 1.165) is 17.9 Å². The third-order valence-electron chi connectivity index (χ3n) is 2.43. The van der Waals surface area contributed by atoms with Crippen molar-refractivity contribution in [1.29, 1.82) is 5.26 Å². The highest BCUT2D eigenvalue weighted by Gasteiger charge is 2.06. The van der Waals surface area contributed by atoms with Gasteiger partial charge >= 0.3 is 0 Å². The molecule has 0 saturated heterocycles. The fraction of sp³-hybridized carbons (Fsp3) is 0.462. The van der Waals surface area contributed by atoms with Crippen LogP contribution < -0.4 is 5.32 Å². The lowest BCUT2D eigenvalue weighted by Gasteiger charge is -2.17. The first kappa shape index (κ1) is 12.5. The number of rotatable bonds is 5. The van der Waals surface area contributed by atoms with Crippen LogP contribution in [-0.2, 0) is 4.74 Å². The number of hydrogen-bond acceptors (Lipinski definition) is 3. The Balaban J connectivity index is 2.70. The number of nitrogens with one attached hydrogen (secondary N) is 1. The predicted molar refractivity (Wildman–Crippen MR) is 65.5 cm³/mol. The van der Waals surface area contributed by atoms with E-state index in [4.69, 9.17) is 10.00 Å². The van der Waals surface area contributed by atoms with Crippen molar-refractivity contribution in [2.75, 3.05) is 18.5 Å². The Morgan fingerprint density at radius 2 is 2.25 bits per heavy atom. The molecule has 0 fully saturated rings. The van der Waals surface area contributed by atoms with Crippen LogP contribution in [0.1, 0.15) is 25.0 Å². The minimum atomic E-state index is 0.243. The van der Waals surface area contributed by atoms with Crippen LogP contribution in [0.3, 0.4) is 0 Å². The molecule has 86 valence electrons. The van der Waals surface area contributed by atoms with Gasteiger partial charge in [0, 0.05) is 18.3 Å². The Morgan fingerprint density at radius 1 is 1.50 bits per heavy atom. The summed E-state index contributed by atoms with van der Waals surface area (Å²) >= 11 is 0. The van der Waals surface area contributed by atoms with Gasteiger partial charge in [0.2, 0.25) is 0 Å². The second-order valence-electron chi connectivity index (χ2n) is 3.79. The van der Waals surface area contributed by atoms with Gasteiger partial charge in [-0.25, -0.2) is 0 Å². The number of nitriles is 1. The van der Waals surface area contributed by atoms with Crippen LogP contribution in [0.15, 0.2) is 18.2 Å². The van der Waals surface area contributed by atoms with Crippen molar-refractivity contribution in [3.8, 4) is 6.07 Å². The summed E-state index contributed by atoms with van der Waals surface area (Å²) in [6.07, 6.45) is 0. The minimum Gasteiger partial charge on any atom is -0.380 e. The summed E-state index contributed by atoms with van der Waals surface area (Å²) in [5.74, 6) is 0. The highest BCUT2D eigenvalue weighted by Crippen LogP contribution is 2.18. The van der Waals surface area contributed by atoms with Crippen molar-refractivity contribution >= 4 is 5.69 Å². The molecule has 0 saturated carbocycles. The van der Waals surface area contributed by atoms with E-state index in [2.05, 4.69) is 18.3 Å². The van der Waals surface area contributed by atoms with Gasteiger partial charge in [0.15, 0.2) is 0 Å². The standard InChI is InChI=1S/C13H18N2O/c1-4-16-9-10(2)15-13-7-5-6-12(8-14)11(13)3/h5-7,10,15H,4,9H2,1-3H3. The molecule has 0 aliphatic rings. The number of benzene rings is 1. The molecule has 0 aromatic heterocycles. The van der Waals surface area contributed by atoms with Gasteiger partial charge in [-0.3, -0.25) is 0 Å². The van der Waals surface area contributed by atoms with Gasteiger partial charge in [-0.1, -0.05) is 6.07 Å². The van der Waals surface area contributed by atoms with Crippen molar-refractivity contribution in [2.24, 2.45) is 0 Å². The molecule has 1 N–H and O–H groups in total. The van der Waals surface area contributed by atoms with E-state index in [1.807, 2.05) is 32.0 Å². The fourth-order valence-electron chi connectivity index (χ4n) is 1.51. The Labute approximate surface area is 97.0 Å². The monoisotopic (exact) mass is 218 g/mol. The predicted octanol–water partition coefficient (Wildman–Crippen LogP) is 2.70. The summed E-state index contributed by atoms with van der Waals surface area (Å²) in [6.45, 7) is 7.40. The second kappa shape index (κ2) is 6.14. The van der Waals surface area contributed by atoms with E-state index in [0.29, 0.717) is 12.2 Å². The zero-order valence-corrected chi connectivity index (χ0v) is 10.1. The number of hydrogen-bond donors (Lipinski definition) is 1. The first-order valence-corrected chi connectivity index (χ1v) is 5.53. The molecule has 1 rings (SSSR count). The Kier molecular flexibility index (Phi) is 4.81. The topological polar surface area (TPSA) is 45.0 Å². The molecule has 3 nitrogen and oxygen atoms in total. The van der Waals surface area contributed by atoms with Crippen molar-refractivity contribution in [1.82, 2.24) is 0 Å². The number of anilines is 1. The van der Waals surface area contributed by atoms with Crippen LogP contribution in [-0.4, -0.2) is 19.3 Å². The Hall–Kier alpha value is -1.53. The SMILES string of the molecule is CCOCC(C)Nc1cccc(C#N)c1C. The van der Waals surface area contributed by atoms with Crippen LogP contribution in [0.25, 0.3) is 0 Å². The van der Waals surface area contributed by atoms with E-state index >= 15 is 0 Å². The average molecular weight is 218 g/mol. The number of nitrogens with zero attached hydrogens (tertiary/aromatic N) is 1. The smallest absolute Gasteiger partial charge is 0.0995 e. The molecule has 1 aromatic carbocycles. The molecular weight excluding hydrogens is 200 g/mol. The molecule has 0 bridgehead atoms. The summed E-state index contributed by atoms with van der Waals surface area (Å²) in [5.41, 5.74) is 2.72. The molecule has 0 spiro atoms. The maximum absolute atomic E-state index is 8.92. The third kappa shape index (κ3) is 3.25. The maximum atomic E-state index is 8.92. The van der Waals surface area contributed by atoms with Gasteiger partial charge in [-0.2, -0.15) is 5.26 Å².